The number of rotatable bonds is 6. The average Bonchev–Trinajstić information content (AvgIpc) is 2.64. The van der Waals surface area contributed by atoms with E-state index in [4.69, 9.17) is 9.47 Å². The van der Waals surface area contributed by atoms with Crippen LogP contribution < -0.4 is 14.2 Å². The molecule has 2 aromatic rings. The molecule has 1 N–H and O–H groups in total. The van der Waals surface area contributed by atoms with Gasteiger partial charge in [-0.1, -0.05) is 12.1 Å². The molecule has 7 heteroatoms. The maximum absolute atomic E-state index is 12.8. The minimum Gasteiger partial charge on any atom is -0.495 e. The summed E-state index contributed by atoms with van der Waals surface area (Å²) in [4.78, 5) is 4.36. The van der Waals surface area contributed by atoms with Gasteiger partial charge in [0, 0.05) is 18.3 Å². The van der Waals surface area contributed by atoms with Gasteiger partial charge in [-0.3, -0.25) is 0 Å². The van der Waals surface area contributed by atoms with E-state index in [-0.39, 0.29) is 17.0 Å². The van der Waals surface area contributed by atoms with Crippen molar-refractivity contribution in [1.82, 2.24) is 9.71 Å². The van der Waals surface area contributed by atoms with Gasteiger partial charge in [0.05, 0.1) is 7.11 Å². The molecule has 0 spiro atoms. The molecule has 1 heterocycles. The van der Waals surface area contributed by atoms with Gasteiger partial charge in [0.25, 0.3) is 0 Å². The third-order valence-electron chi connectivity index (χ3n) is 4.53. The number of aryl methyl sites for hydroxylation is 1. The number of ether oxygens (including phenoxy) is 2. The van der Waals surface area contributed by atoms with Crippen LogP contribution >= 0.6 is 0 Å². The molecule has 1 saturated carbocycles. The van der Waals surface area contributed by atoms with Crippen molar-refractivity contribution in [2.45, 2.75) is 49.6 Å². The Balaban J connectivity index is 1.61. The lowest BCUT2D eigenvalue weighted by molar-refractivity contribution is 0.138. The molecule has 140 valence electrons. The average molecular weight is 376 g/mol. The van der Waals surface area contributed by atoms with Crippen molar-refractivity contribution in [3.8, 4) is 11.6 Å². The van der Waals surface area contributed by atoms with E-state index >= 15 is 0 Å². The van der Waals surface area contributed by atoms with Crippen LogP contribution in [0.3, 0.4) is 0 Å². The highest BCUT2D eigenvalue weighted by molar-refractivity contribution is 7.89. The van der Waals surface area contributed by atoms with E-state index in [1.54, 1.807) is 18.3 Å². The summed E-state index contributed by atoms with van der Waals surface area (Å²) in [5.41, 5.74) is 0.874. The second-order valence-electron chi connectivity index (χ2n) is 6.54. The Hall–Kier alpha value is -2.12. The van der Waals surface area contributed by atoms with Gasteiger partial charge in [-0.05, 0) is 56.4 Å². The molecule has 0 atom stereocenters. The lowest BCUT2D eigenvalue weighted by Gasteiger charge is -2.29. The molecule has 6 nitrogen and oxygen atoms in total. The zero-order valence-corrected chi connectivity index (χ0v) is 15.8. The summed E-state index contributed by atoms with van der Waals surface area (Å²) in [7, 11) is -2.15. The highest BCUT2D eigenvalue weighted by Crippen LogP contribution is 2.27. The fourth-order valence-corrected chi connectivity index (χ4v) is 4.72. The fraction of sp³-hybridized carbons (Fsp3) is 0.421. The fourth-order valence-electron chi connectivity index (χ4n) is 3.16. The van der Waals surface area contributed by atoms with Gasteiger partial charge < -0.3 is 9.47 Å². The summed E-state index contributed by atoms with van der Waals surface area (Å²) in [6, 6.07) is 10.6. The maximum atomic E-state index is 12.8. The van der Waals surface area contributed by atoms with Crippen molar-refractivity contribution < 1.29 is 17.9 Å². The van der Waals surface area contributed by atoms with E-state index in [1.165, 1.54) is 7.11 Å². The molecular weight excluding hydrogens is 352 g/mol. The Labute approximate surface area is 154 Å². The lowest BCUT2D eigenvalue weighted by atomic mass is 9.94. The highest BCUT2D eigenvalue weighted by atomic mass is 32.2. The first-order valence-corrected chi connectivity index (χ1v) is 10.2. The van der Waals surface area contributed by atoms with Crippen LogP contribution in [0.5, 0.6) is 11.6 Å². The van der Waals surface area contributed by atoms with E-state index in [9.17, 15) is 8.42 Å². The van der Waals surface area contributed by atoms with Crippen LogP contribution in [0.25, 0.3) is 0 Å². The third kappa shape index (κ3) is 4.53. The second-order valence-corrected chi connectivity index (χ2v) is 8.22. The zero-order valence-electron chi connectivity index (χ0n) is 15.0. The number of hydrogen-bond donors (Lipinski definition) is 1. The highest BCUT2D eigenvalue weighted by Gasteiger charge is 2.28. The molecule has 3 rings (SSSR count). The summed E-state index contributed by atoms with van der Waals surface area (Å²) in [6.07, 6.45) is 4.79. The number of aromatic nitrogens is 1. The van der Waals surface area contributed by atoms with E-state index < -0.39 is 10.0 Å². The number of methoxy groups -OCH3 is 1. The number of nitrogens with one attached hydrogen (secondary N) is 1. The van der Waals surface area contributed by atoms with Crippen LogP contribution in [0.1, 0.15) is 31.2 Å². The minimum atomic E-state index is -3.63. The number of sulfonamides is 1. The van der Waals surface area contributed by atoms with Gasteiger partial charge in [-0.2, -0.15) is 0 Å². The number of nitrogens with zero attached hydrogens (tertiary/aromatic N) is 1. The van der Waals surface area contributed by atoms with Crippen molar-refractivity contribution in [2.24, 2.45) is 0 Å². The van der Waals surface area contributed by atoms with Crippen molar-refractivity contribution in [2.75, 3.05) is 7.11 Å². The van der Waals surface area contributed by atoms with Crippen molar-refractivity contribution in [3.05, 3.63) is 48.2 Å². The van der Waals surface area contributed by atoms with Gasteiger partial charge in [-0.15, -0.1) is 0 Å². The standard InChI is InChI=1S/C19H24N2O4S/c1-14-6-11-17(24-2)18(13-14)26(22,23)21-15-7-9-16(10-8-15)25-19-5-3-4-12-20-19/h3-6,11-13,15-16,21H,7-10H2,1-2H3. The second kappa shape index (κ2) is 8.05. The van der Waals surface area contributed by atoms with E-state index in [1.807, 2.05) is 31.2 Å². The first-order chi connectivity index (χ1) is 12.5. The summed E-state index contributed by atoms with van der Waals surface area (Å²) in [5, 5.41) is 0. The SMILES string of the molecule is COc1ccc(C)cc1S(=O)(=O)NC1CCC(Oc2ccccn2)CC1. The molecule has 1 fully saturated rings. The molecule has 1 aliphatic rings. The topological polar surface area (TPSA) is 77.5 Å². The van der Waals surface area contributed by atoms with Crippen molar-refractivity contribution in [3.63, 3.8) is 0 Å². The summed E-state index contributed by atoms with van der Waals surface area (Å²) in [6.45, 7) is 1.86. The lowest BCUT2D eigenvalue weighted by Crippen LogP contribution is -2.39. The normalized spacial score (nSPS) is 20.5. The van der Waals surface area contributed by atoms with E-state index in [0.717, 1.165) is 31.2 Å². The van der Waals surface area contributed by atoms with Crippen LogP contribution in [0.2, 0.25) is 0 Å². The number of pyridine rings is 1. The molecule has 0 unspecified atom stereocenters. The molecule has 26 heavy (non-hydrogen) atoms. The summed E-state index contributed by atoms with van der Waals surface area (Å²) >= 11 is 0. The Kier molecular flexibility index (Phi) is 5.78. The molecule has 0 saturated heterocycles. The Morgan fingerprint density at radius 3 is 2.54 bits per heavy atom. The summed E-state index contributed by atoms with van der Waals surface area (Å²) in [5.74, 6) is 0.969. The van der Waals surface area contributed by atoms with Crippen LogP contribution in [0.15, 0.2) is 47.5 Å². The maximum Gasteiger partial charge on any atom is 0.244 e. The van der Waals surface area contributed by atoms with Crippen LogP contribution in [-0.2, 0) is 10.0 Å². The van der Waals surface area contributed by atoms with Crippen LogP contribution in [0, 0.1) is 6.92 Å². The van der Waals surface area contributed by atoms with E-state index in [0.29, 0.717) is 11.6 Å². The Bertz CT molecular complexity index is 832. The van der Waals surface area contributed by atoms with Crippen LogP contribution in [-0.4, -0.2) is 32.7 Å². The third-order valence-corrected chi connectivity index (χ3v) is 6.07. The first-order valence-electron chi connectivity index (χ1n) is 8.72. The van der Waals surface area contributed by atoms with Gasteiger partial charge in [0.15, 0.2) is 0 Å². The minimum absolute atomic E-state index is 0.0687. The molecular formula is C19H24N2O4S. The van der Waals surface area contributed by atoms with E-state index in [2.05, 4.69) is 9.71 Å². The van der Waals surface area contributed by atoms with Gasteiger partial charge in [0.1, 0.15) is 16.7 Å². The molecule has 0 aliphatic heterocycles. The molecule has 0 amide bonds. The van der Waals surface area contributed by atoms with Crippen LogP contribution in [0.4, 0.5) is 0 Å². The first kappa shape index (κ1) is 18.7. The quantitative estimate of drug-likeness (QED) is 0.838. The van der Waals surface area contributed by atoms with Crippen molar-refractivity contribution >= 4 is 10.0 Å². The largest absolute Gasteiger partial charge is 0.495 e. The molecule has 1 aliphatic carbocycles. The number of hydrogen-bond acceptors (Lipinski definition) is 5. The Morgan fingerprint density at radius 1 is 1.12 bits per heavy atom. The molecule has 1 aromatic carbocycles. The Morgan fingerprint density at radius 2 is 1.88 bits per heavy atom. The van der Waals surface area contributed by atoms with Crippen molar-refractivity contribution in [1.29, 1.82) is 0 Å². The predicted molar refractivity (Wildman–Crippen MR) is 99.0 cm³/mol. The van der Waals surface area contributed by atoms with Gasteiger partial charge in [0.2, 0.25) is 15.9 Å². The molecule has 1 aromatic heterocycles. The zero-order chi connectivity index (χ0) is 18.6. The smallest absolute Gasteiger partial charge is 0.244 e. The number of benzene rings is 1. The predicted octanol–water partition coefficient (Wildman–Crippen LogP) is 3.07. The van der Waals surface area contributed by atoms with Gasteiger partial charge in [-0.25, -0.2) is 18.1 Å². The molecule has 0 bridgehead atoms. The van der Waals surface area contributed by atoms with Gasteiger partial charge >= 0.3 is 0 Å². The molecule has 0 radical (unpaired) electrons. The monoisotopic (exact) mass is 376 g/mol. The summed E-state index contributed by atoms with van der Waals surface area (Å²) < 4.78 is 39.4.